The number of aromatic nitrogens is 4. The first-order chi connectivity index (χ1) is 16.6. The maximum atomic E-state index is 11.6. The van der Waals surface area contributed by atoms with Gasteiger partial charge in [-0.2, -0.15) is 0 Å². The third-order valence-corrected chi connectivity index (χ3v) is 4.60. The fourth-order valence-corrected chi connectivity index (χ4v) is 2.97. The molecule has 4 heterocycles. The van der Waals surface area contributed by atoms with Crippen LogP contribution in [0.5, 0.6) is 0 Å². The van der Waals surface area contributed by atoms with Gasteiger partial charge in [0.1, 0.15) is 25.1 Å². The summed E-state index contributed by atoms with van der Waals surface area (Å²) < 4.78 is 30.9. The van der Waals surface area contributed by atoms with Crippen molar-refractivity contribution in [2.24, 2.45) is 0 Å². The van der Waals surface area contributed by atoms with Crippen molar-refractivity contribution >= 4 is 11.9 Å². The van der Waals surface area contributed by atoms with Crippen molar-refractivity contribution in [2.45, 2.75) is 0 Å². The van der Waals surface area contributed by atoms with E-state index >= 15 is 0 Å². The second kappa shape index (κ2) is 8.50. The van der Waals surface area contributed by atoms with Gasteiger partial charge in [-0.3, -0.25) is 0 Å². The van der Waals surface area contributed by atoms with E-state index in [0.29, 0.717) is 22.5 Å². The molecule has 12 nitrogen and oxygen atoms in total. The summed E-state index contributed by atoms with van der Waals surface area (Å²) in [5, 5.41) is 0. The largest absolute Gasteiger partial charge is 0.464 e. The van der Waals surface area contributed by atoms with Crippen LogP contribution < -0.4 is 0 Å². The molecule has 0 spiro atoms. The zero-order valence-corrected chi connectivity index (χ0v) is 17.7. The molecule has 0 aliphatic rings. The van der Waals surface area contributed by atoms with Gasteiger partial charge in [0, 0.05) is 11.1 Å². The van der Waals surface area contributed by atoms with Crippen molar-refractivity contribution in [1.82, 2.24) is 19.9 Å². The molecular formula is C22H14N4O8. The van der Waals surface area contributed by atoms with E-state index in [9.17, 15) is 9.59 Å². The maximum absolute atomic E-state index is 11.6. The molecule has 0 fully saturated rings. The summed E-state index contributed by atoms with van der Waals surface area (Å²) in [5.41, 5.74) is 1.92. The van der Waals surface area contributed by atoms with Crippen LogP contribution >= 0.6 is 0 Å². The van der Waals surface area contributed by atoms with E-state index in [1.54, 1.807) is 24.3 Å². The summed E-state index contributed by atoms with van der Waals surface area (Å²) >= 11 is 0. The van der Waals surface area contributed by atoms with Gasteiger partial charge >= 0.3 is 11.9 Å². The molecule has 0 N–H and O–H groups in total. The molecule has 0 saturated carbocycles. The van der Waals surface area contributed by atoms with Gasteiger partial charge in [-0.25, -0.2) is 29.5 Å². The summed E-state index contributed by atoms with van der Waals surface area (Å²) in [6, 6.07) is 7.11. The van der Waals surface area contributed by atoms with E-state index in [4.69, 9.17) is 17.7 Å². The smallest absolute Gasteiger partial charge is 0.360 e. The number of nitrogens with zero attached hydrogens (tertiary/aromatic N) is 4. The number of rotatable bonds is 6. The van der Waals surface area contributed by atoms with Crippen molar-refractivity contribution in [2.75, 3.05) is 14.2 Å². The molecule has 4 aromatic heterocycles. The molecule has 0 unspecified atom stereocenters. The van der Waals surface area contributed by atoms with Gasteiger partial charge in [0.15, 0.2) is 22.8 Å². The van der Waals surface area contributed by atoms with Crippen LogP contribution in [0.2, 0.25) is 0 Å². The highest BCUT2D eigenvalue weighted by molar-refractivity contribution is 5.87. The molecule has 5 aromatic rings. The highest BCUT2D eigenvalue weighted by Gasteiger charge is 2.19. The molecule has 0 atom stereocenters. The molecule has 0 bridgehead atoms. The highest BCUT2D eigenvalue weighted by Crippen LogP contribution is 2.29. The van der Waals surface area contributed by atoms with Crippen LogP contribution in [0.15, 0.2) is 67.0 Å². The number of esters is 2. The fourth-order valence-electron chi connectivity index (χ4n) is 2.97. The van der Waals surface area contributed by atoms with Gasteiger partial charge in [-0.1, -0.05) is 6.07 Å². The molecule has 0 amide bonds. The van der Waals surface area contributed by atoms with Gasteiger partial charge in [-0.05, 0) is 18.2 Å². The Morgan fingerprint density at radius 2 is 1.09 bits per heavy atom. The summed E-state index contributed by atoms with van der Waals surface area (Å²) in [5.74, 6) is -0.443. The Bertz CT molecular complexity index is 1380. The van der Waals surface area contributed by atoms with Crippen LogP contribution in [0, 0.1) is 0 Å². The van der Waals surface area contributed by atoms with Crippen LogP contribution in [0.4, 0.5) is 0 Å². The minimum atomic E-state index is -0.622. The average Bonchev–Trinajstić information content (AvgIpc) is 3.68. The fraction of sp³-hybridized carbons (Fsp3) is 0.0909. The molecule has 5 rings (SSSR count). The van der Waals surface area contributed by atoms with Gasteiger partial charge in [-0.15, -0.1) is 0 Å². The monoisotopic (exact) mass is 462 g/mol. The molecule has 1 aromatic carbocycles. The minimum absolute atomic E-state index is 0.0218. The van der Waals surface area contributed by atoms with Gasteiger partial charge in [0.25, 0.3) is 0 Å². The van der Waals surface area contributed by atoms with Crippen molar-refractivity contribution in [3.05, 3.63) is 60.7 Å². The molecule has 0 saturated heterocycles. The van der Waals surface area contributed by atoms with Crippen molar-refractivity contribution in [3.63, 3.8) is 0 Å². The van der Waals surface area contributed by atoms with E-state index in [-0.39, 0.29) is 35.0 Å². The summed E-state index contributed by atoms with van der Waals surface area (Å²) in [7, 11) is 2.50. The SMILES string of the molecule is COC(=O)c1coc(-c2coc(-c3cccc(-c4nc(-c5nc(C(=O)OC)co5)co4)c3)n2)n1. The molecule has 0 radical (unpaired) electrons. The molecule has 0 aliphatic heterocycles. The predicted molar refractivity (Wildman–Crippen MR) is 111 cm³/mol. The van der Waals surface area contributed by atoms with E-state index in [0.717, 1.165) is 0 Å². The normalized spacial score (nSPS) is 10.9. The number of hydrogen-bond donors (Lipinski definition) is 0. The Hall–Kier alpha value is -5.00. The first-order valence-corrected chi connectivity index (χ1v) is 9.66. The maximum Gasteiger partial charge on any atom is 0.360 e. The number of ether oxygens (including phenoxy) is 2. The molecule has 170 valence electrons. The van der Waals surface area contributed by atoms with Crippen molar-refractivity contribution in [1.29, 1.82) is 0 Å². The number of hydrogen-bond acceptors (Lipinski definition) is 12. The molecule has 12 heteroatoms. The van der Waals surface area contributed by atoms with Gasteiger partial charge in [0.2, 0.25) is 23.6 Å². The lowest BCUT2D eigenvalue weighted by atomic mass is 10.1. The van der Waals surface area contributed by atoms with E-state index in [1.165, 1.54) is 39.3 Å². The number of benzene rings is 1. The van der Waals surface area contributed by atoms with E-state index in [2.05, 4.69) is 29.4 Å². The molecular weight excluding hydrogens is 448 g/mol. The summed E-state index contributed by atoms with van der Waals surface area (Å²) in [6.45, 7) is 0. The Kier molecular flexibility index (Phi) is 5.22. The van der Waals surface area contributed by atoms with Crippen LogP contribution in [0.3, 0.4) is 0 Å². The highest BCUT2D eigenvalue weighted by atomic mass is 16.5. The quantitative estimate of drug-likeness (QED) is 0.336. The Labute approximate surface area is 190 Å². The second-order valence-electron chi connectivity index (χ2n) is 6.72. The molecule has 34 heavy (non-hydrogen) atoms. The van der Waals surface area contributed by atoms with Crippen LogP contribution in [-0.2, 0) is 9.47 Å². The van der Waals surface area contributed by atoms with Gasteiger partial charge < -0.3 is 27.1 Å². The second-order valence-corrected chi connectivity index (χ2v) is 6.72. The minimum Gasteiger partial charge on any atom is -0.464 e. The van der Waals surface area contributed by atoms with Crippen LogP contribution in [0.1, 0.15) is 21.0 Å². The van der Waals surface area contributed by atoms with Crippen molar-refractivity contribution in [3.8, 4) is 46.1 Å². The first-order valence-electron chi connectivity index (χ1n) is 9.66. The number of methoxy groups -OCH3 is 2. The third-order valence-electron chi connectivity index (χ3n) is 4.60. The standard InChI is InChI=1S/C22H14N4O8/c1-29-21(27)15-9-33-19(25-15)13-7-31-17(23-13)11-4-3-5-12(6-11)18-24-14(8-32-18)20-26-16(10-34-20)22(28)30-2/h3-10H,1-2H3. The number of carbonyl (C=O) groups is 2. The third kappa shape index (κ3) is 3.83. The zero-order valence-electron chi connectivity index (χ0n) is 17.7. The lowest BCUT2D eigenvalue weighted by Crippen LogP contribution is -2.00. The molecule has 0 aliphatic carbocycles. The van der Waals surface area contributed by atoms with Crippen LogP contribution in [-0.4, -0.2) is 46.1 Å². The Morgan fingerprint density at radius 3 is 1.53 bits per heavy atom. The average molecular weight is 462 g/mol. The van der Waals surface area contributed by atoms with Crippen molar-refractivity contribution < 1.29 is 36.7 Å². The van der Waals surface area contributed by atoms with E-state index in [1.807, 2.05) is 0 Å². The van der Waals surface area contributed by atoms with Gasteiger partial charge in [0.05, 0.1) is 14.2 Å². The Morgan fingerprint density at radius 1 is 0.647 bits per heavy atom. The van der Waals surface area contributed by atoms with Crippen LogP contribution in [0.25, 0.3) is 46.1 Å². The lowest BCUT2D eigenvalue weighted by molar-refractivity contribution is 0.0585. The lowest BCUT2D eigenvalue weighted by Gasteiger charge is -1.98. The predicted octanol–water partition coefficient (Wildman–Crippen LogP) is 3.88. The summed E-state index contributed by atoms with van der Waals surface area (Å²) in [4.78, 5) is 39.9. The summed E-state index contributed by atoms with van der Waals surface area (Å²) in [6.07, 6.45) is 5.08. The number of carbonyl (C=O) groups excluding carboxylic acids is 2. The number of oxazole rings is 4. The first kappa shape index (κ1) is 20.9. The van der Waals surface area contributed by atoms with E-state index < -0.39 is 11.9 Å². The Balaban J connectivity index is 1.39. The topological polar surface area (TPSA) is 157 Å². The zero-order chi connectivity index (χ0) is 23.7.